The van der Waals surface area contributed by atoms with E-state index in [0.29, 0.717) is 28.8 Å². The summed E-state index contributed by atoms with van der Waals surface area (Å²) in [5.74, 6) is -0.331. The zero-order chi connectivity index (χ0) is 11.8. The minimum atomic E-state index is -0.767. The first-order valence-corrected chi connectivity index (χ1v) is 5.47. The largest absolute Gasteiger partial charge is 0.468 e. The van der Waals surface area contributed by atoms with Crippen molar-refractivity contribution in [2.75, 3.05) is 20.3 Å². The zero-order valence-electron chi connectivity index (χ0n) is 8.63. The summed E-state index contributed by atoms with van der Waals surface area (Å²) < 4.78 is 9.89. The first kappa shape index (κ1) is 11.7. The van der Waals surface area contributed by atoms with Crippen LogP contribution in [0.2, 0.25) is 10.0 Å². The molecule has 5 heteroatoms. The molecule has 0 aliphatic carbocycles. The van der Waals surface area contributed by atoms with Gasteiger partial charge in [-0.15, -0.1) is 0 Å². The lowest BCUT2D eigenvalue weighted by atomic mass is 9.78. The molecular weight excluding hydrogens is 251 g/mol. The maximum absolute atomic E-state index is 11.8. The minimum absolute atomic E-state index is 0.293. The predicted octanol–water partition coefficient (Wildman–Crippen LogP) is 2.43. The zero-order valence-corrected chi connectivity index (χ0v) is 10.1. The highest BCUT2D eigenvalue weighted by Gasteiger charge is 2.49. The van der Waals surface area contributed by atoms with E-state index in [1.165, 1.54) is 7.11 Å². The summed E-state index contributed by atoms with van der Waals surface area (Å²) in [6, 6.07) is 5.05. The van der Waals surface area contributed by atoms with Gasteiger partial charge >= 0.3 is 5.97 Å². The quantitative estimate of drug-likeness (QED) is 0.767. The lowest BCUT2D eigenvalue weighted by Gasteiger charge is -2.39. The molecule has 3 nitrogen and oxygen atoms in total. The molecule has 1 heterocycles. The van der Waals surface area contributed by atoms with E-state index in [9.17, 15) is 4.79 Å². The number of hydrogen-bond acceptors (Lipinski definition) is 3. The van der Waals surface area contributed by atoms with Crippen LogP contribution in [0.1, 0.15) is 5.56 Å². The first-order valence-electron chi connectivity index (χ1n) is 4.72. The third kappa shape index (κ3) is 1.69. The van der Waals surface area contributed by atoms with Crippen molar-refractivity contribution < 1.29 is 14.3 Å². The van der Waals surface area contributed by atoms with Gasteiger partial charge < -0.3 is 9.47 Å². The highest BCUT2D eigenvalue weighted by molar-refractivity contribution is 6.35. The Bertz CT molecular complexity index is 427. The summed E-state index contributed by atoms with van der Waals surface area (Å²) in [5, 5.41) is 0.996. The SMILES string of the molecule is COC(=O)C1(c2ccc(Cl)cc2Cl)COC1. The molecule has 1 fully saturated rings. The fourth-order valence-corrected chi connectivity index (χ4v) is 2.35. The Morgan fingerprint density at radius 3 is 2.56 bits per heavy atom. The maximum atomic E-state index is 11.8. The molecule has 0 N–H and O–H groups in total. The second-order valence-electron chi connectivity index (χ2n) is 3.69. The molecule has 0 atom stereocenters. The lowest BCUT2D eigenvalue weighted by Crippen LogP contribution is -2.53. The topological polar surface area (TPSA) is 35.5 Å². The molecule has 0 aromatic heterocycles. The van der Waals surface area contributed by atoms with E-state index in [-0.39, 0.29) is 5.97 Å². The van der Waals surface area contributed by atoms with Crippen molar-refractivity contribution in [3.05, 3.63) is 33.8 Å². The van der Waals surface area contributed by atoms with Crippen molar-refractivity contribution in [1.82, 2.24) is 0 Å². The highest BCUT2D eigenvalue weighted by Crippen LogP contribution is 2.38. The molecule has 0 spiro atoms. The van der Waals surface area contributed by atoms with Crippen molar-refractivity contribution in [2.45, 2.75) is 5.41 Å². The number of rotatable bonds is 2. The summed E-state index contributed by atoms with van der Waals surface area (Å²) >= 11 is 11.9. The molecule has 1 aromatic rings. The summed E-state index contributed by atoms with van der Waals surface area (Å²) in [4.78, 5) is 11.8. The summed E-state index contributed by atoms with van der Waals surface area (Å²) in [6.45, 7) is 0.585. The number of methoxy groups -OCH3 is 1. The Morgan fingerprint density at radius 1 is 1.44 bits per heavy atom. The molecule has 86 valence electrons. The number of carbonyl (C=O) groups is 1. The number of hydrogen-bond donors (Lipinski definition) is 0. The Hall–Kier alpha value is -0.770. The molecular formula is C11H10Cl2O3. The van der Waals surface area contributed by atoms with Crippen molar-refractivity contribution in [1.29, 1.82) is 0 Å². The van der Waals surface area contributed by atoms with Crippen molar-refractivity contribution >= 4 is 29.2 Å². The van der Waals surface area contributed by atoms with Gasteiger partial charge in [0.05, 0.1) is 20.3 Å². The van der Waals surface area contributed by atoms with Crippen LogP contribution in [0.5, 0.6) is 0 Å². The Kier molecular flexibility index (Phi) is 3.10. The molecule has 0 saturated carbocycles. The van der Waals surface area contributed by atoms with Crippen LogP contribution >= 0.6 is 23.2 Å². The van der Waals surface area contributed by atoms with Crippen molar-refractivity contribution in [3.63, 3.8) is 0 Å². The van der Waals surface area contributed by atoms with Gasteiger partial charge in [0.2, 0.25) is 0 Å². The van der Waals surface area contributed by atoms with Gasteiger partial charge in [0.25, 0.3) is 0 Å². The second kappa shape index (κ2) is 4.24. The molecule has 0 bridgehead atoms. The monoisotopic (exact) mass is 260 g/mol. The fourth-order valence-electron chi connectivity index (χ4n) is 1.76. The van der Waals surface area contributed by atoms with Gasteiger partial charge in [0.1, 0.15) is 5.41 Å². The predicted molar refractivity (Wildman–Crippen MR) is 61.0 cm³/mol. The third-order valence-electron chi connectivity index (χ3n) is 2.72. The number of esters is 1. The molecule has 1 aromatic carbocycles. The molecule has 0 amide bonds. The number of halogens is 2. The average Bonchev–Trinajstić information content (AvgIpc) is 2.19. The van der Waals surface area contributed by atoms with E-state index in [1.807, 2.05) is 0 Å². The molecule has 16 heavy (non-hydrogen) atoms. The summed E-state index contributed by atoms with van der Waals surface area (Å²) in [5.41, 5.74) is -0.0622. The Balaban J connectivity index is 2.45. The normalized spacial score (nSPS) is 17.7. The highest BCUT2D eigenvalue weighted by atomic mass is 35.5. The van der Waals surface area contributed by atoms with E-state index in [1.54, 1.807) is 18.2 Å². The molecule has 1 aliphatic heterocycles. The van der Waals surface area contributed by atoms with E-state index in [0.717, 1.165) is 0 Å². The van der Waals surface area contributed by atoms with E-state index in [2.05, 4.69) is 0 Å². The van der Waals surface area contributed by atoms with Gasteiger partial charge in [-0.1, -0.05) is 29.3 Å². The van der Waals surface area contributed by atoms with Crippen molar-refractivity contribution in [3.8, 4) is 0 Å². The molecule has 0 radical (unpaired) electrons. The van der Waals surface area contributed by atoms with E-state index >= 15 is 0 Å². The molecule has 1 aliphatic rings. The first-order chi connectivity index (χ1) is 7.60. The van der Waals surface area contributed by atoms with Gasteiger partial charge in [-0.2, -0.15) is 0 Å². The second-order valence-corrected chi connectivity index (χ2v) is 4.53. The summed E-state index contributed by atoms with van der Waals surface area (Å²) in [7, 11) is 1.35. The number of carbonyl (C=O) groups excluding carboxylic acids is 1. The van der Waals surface area contributed by atoms with Crippen LogP contribution in [0.3, 0.4) is 0 Å². The minimum Gasteiger partial charge on any atom is -0.468 e. The number of ether oxygens (including phenoxy) is 2. The molecule has 1 saturated heterocycles. The van der Waals surface area contributed by atoms with Gasteiger partial charge in [0.15, 0.2) is 0 Å². The van der Waals surface area contributed by atoms with Gasteiger partial charge in [-0.05, 0) is 17.7 Å². The average molecular weight is 261 g/mol. The number of benzene rings is 1. The van der Waals surface area contributed by atoms with Crippen LogP contribution in [-0.4, -0.2) is 26.3 Å². The fraction of sp³-hybridized carbons (Fsp3) is 0.364. The van der Waals surface area contributed by atoms with Crippen LogP contribution in [0.4, 0.5) is 0 Å². The smallest absolute Gasteiger partial charge is 0.321 e. The van der Waals surface area contributed by atoms with Crippen LogP contribution in [0.25, 0.3) is 0 Å². The van der Waals surface area contributed by atoms with Gasteiger partial charge in [0, 0.05) is 10.0 Å². The van der Waals surface area contributed by atoms with Crippen LogP contribution < -0.4 is 0 Å². The lowest BCUT2D eigenvalue weighted by molar-refractivity contribution is -0.166. The maximum Gasteiger partial charge on any atom is 0.321 e. The van der Waals surface area contributed by atoms with Crippen LogP contribution in [0, 0.1) is 0 Å². The Labute approximate surface area is 103 Å². The van der Waals surface area contributed by atoms with Crippen LogP contribution in [0.15, 0.2) is 18.2 Å². The van der Waals surface area contributed by atoms with E-state index < -0.39 is 5.41 Å². The molecule has 2 rings (SSSR count). The van der Waals surface area contributed by atoms with Gasteiger partial charge in [-0.25, -0.2) is 0 Å². The summed E-state index contributed by atoms with van der Waals surface area (Å²) in [6.07, 6.45) is 0. The third-order valence-corrected chi connectivity index (χ3v) is 3.27. The van der Waals surface area contributed by atoms with Gasteiger partial charge in [-0.3, -0.25) is 4.79 Å². The Morgan fingerprint density at radius 2 is 2.12 bits per heavy atom. The standard InChI is InChI=1S/C11H10Cl2O3/c1-15-10(14)11(5-16-6-11)8-3-2-7(12)4-9(8)13/h2-4H,5-6H2,1H3. The van der Waals surface area contributed by atoms with Crippen molar-refractivity contribution in [2.24, 2.45) is 0 Å². The van der Waals surface area contributed by atoms with E-state index in [4.69, 9.17) is 32.7 Å². The van der Waals surface area contributed by atoms with Crippen LogP contribution in [-0.2, 0) is 19.7 Å². The molecule has 0 unspecified atom stereocenters.